The number of nitrogens with one attached hydrogen (secondary N) is 1. The lowest BCUT2D eigenvalue weighted by molar-refractivity contribution is -0.153. The Morgan fingerprint density at radius 2 is 2.00 bits per heavy atom. The smallest absolute Gasteiger partial charge is 0.422 e. The summed E-state index contributed by atoms with van der Waals surface area (Å²) in [6, 6.07) is 8.58. The third-order valence-corrected chi connectivity index (χ3v) is 2.86. The predicted molar refractivity (Wildman–Crippen MR) is 75.3 cm³/mol. The van der Waals surface area contributed by atoms with Gasteiger partial charge in [-0.1, -0.05) is 19.1 Å². The van der Waals surface area contributed by atoms with Crippen molar-refractivity contribution in [3.8, 4) is 5.75 Å². The van der Waals surface area contributed by atoms with Gasteiger partial charge in [-0.15, -0.1) is 0 Å². The van der Waals surface area contributed by atoms with Crippen molar-refractivity contribution in [2.75, 3.05) is 13.2 Å². The third-order valence-electron chi connectivity index (χ3n) is 2.86. The maximum Gasteiger partial charge on any atom is 0.422 e. The molecule has 0 atom stereocenters. The summed E-state index contributed by atoms with van der Waals surface area (Å²) in [4.78, 5) is 4.43. The molecule has 0 aliphatic carbocycles. The highest BCUT2D eigenvalue weighted by Crippen LogP contribution is 2.27. The van der Waals surface area contributed by atoms with E-state index < -0.39 is 12.8 Å². The first-order valence-corrected chi connectivity index (χ1v) is 6.78. The Balaban J connectivity index is 2.27. The van der Waals surface area contributed by atoms with Crippen LogP contribution >= 0.6 is 0 Å². The van der Waals surface area contributed by atoms with Crippen molar-refractivity contribution in [2.24, 2.45) is 0 Å². The van der Waals surface area contributed by atoms with Gasteiger partial charge in [-0.25, -0.2) is 0 Å². The highest BCUT2D eigenvalue weighted by Gasteiger charge is 2.28. The molecule has 0 saturated carbocycles. The van der Waals surface area contributed by atoms with Crippen LogP contribution in [0.4, 0.5) is 13.2 Å². The van der Waals surface area contributed by atoms with Crippen LogP contribution in [0.1, 0.15) is 19.0 Å². The van der Waals surface area contributed by atoms with E-state index in [4.69, 9.17) is 4.74 Å². The molecule has 2 rings (SSSR count). The fourth-order valence-corrected chi connectivity index (χ4v) is 1.96. The summed E-state index contributed by atoms with van der Waals surface area (Å²) >= 11 is 0. The molecule has 0 amide bonds. The van der Waals surface area contributed by atoms with Crippen molar-refractivity contribution in [2.45, 2.75) is 26.1 Å². The number of benzene rings is 1. The lowest BCUT2D eigenvalue weighted by Crippen LogP contribution is -2.20. The number of fused-ring (bicyclic) bond motifs is 1. The Morgan fingerprint density at radius 1 is 1.24 bits per heavy atom. The quantitative estimate of drug-likeness (QED) is 0.826. The molecule has 0 aliphatic heterocycles. The van der Waals surface area contributed by atoms with Gasteiger partial charge in [-0.3, -0.25) is 4.98 Å². The van der Waals surface area contributed by atoms with Gasteiger partial charge >= 0.3 is 6.18 Å². The second-order valence-corrected chi connectivity index (χ2v) is 4.71. The Labute approximate surface area is 121 Å². The van der Waals surface area contributed by atoms with E-state index in [-0.39, 0.29) is 5.75 Å². The van der Waals surface area contributed by atoms with Gasteiger partial charge in [0.05, 0.1) is 11.2 Å². The van der Waals surface area contributed by atoms with Crippen LogP contribution in [-0.2, 0) is 6.54 Å². The number of nitrogens with zero attached hydrogens (tertiary/aromatic N) is 1. The molecule has 3 nitrogen and oxygen atoms in total. The predicted octanol–water partition coefficient (Wildman–Crippen LogP) is 3.68. The van der Waals surface area contributed by atoms with Gasteiger partial charge in [-0.2, -0.15) is 13.2 Å². The number of hydrogen-bond donors (Lipinski definition) is 1. The molecule has 2 aromatic rings. The van der Waals surface area contributed by atoms with Crippen molar-refractivity contribution < 1.29 is 17.9 Å². The number of alkyl halides is 3. The maximum atomic E-state index is 12.3. The molecule has 21 heavy (non-hydrogen) atoms. The van der Waals surface area contributed by atoms with Crippen LogP contribution in [0.5, 0.6) is 5.75 Å². The molecule has 1 aromatic heterocycles. The molecule has 114 valence electrons. The second-order valence-electron chi connectivity index (χ2n) is 4.71. The van der Waals surface area contributed by atoms with E-state index in [2.05, 4.69) is 10.3 Å². The van der Waals surface area contributed by atoms with Crippen LogP contribution in [0.15, 0.2) is 30.3 Å². The summed E-state index contributed by atoms with van der Waals surface area (Å²) in [7, 11) is 0. The van der Waals surface area contributed by atoms with E-state index in [0.717, 1.165) is 13.0 Å². The molecule has 0 radical (unpaired) electrons. The van der Waals surface area contributed by atoms with Crippen molar-refractivity contribution in [3.63, 3.8) is 0 Å². The first-order chi connectivity index (χ1) is 9.99. The molecule has 0 unspecified atom stereocenters. The lowest BCUT2D eigenvalue weighted by atomic mass is 10.2. The van der Waals surface area contributed by atoms with E-state index in [1.165, 1.54) is 0 Å². The molecule has 0 spiro atoms. The molecule has 0 fully saturated rings. The zero-order valence-electron chi connectivity index (χ0n) is 11.7. The first-order valence-electron chi connectivity index (χ1n) is 6.78. The minimum absolute atomic E-state index is 0.214. The fourth-order valence-electron chi connectivity index (χ4n) is 1.96. The van der Waals surface area contributed by atoms with Crippen molar-refractivity contribution in [3.05, 3.63) is 36.0 Å². The normalized spacial score (nSPS) is 11.8. The van der Waals surface area contributed by atoms with Crippen LogP contribution in [0.3, 0.4) is 0 Å². The fraction of sp³-hybridized carbons (Fsp3) is 0.400. The highest BCUT2D eigenvalue weighted by molar-refractivity contribution is 5.85. The summed E-state index contributed by atoms with van der Waals surface area (Å²) < 4.78 is 42.0. The van der Waals surface area contributed by atoms with Crippen molar-refractivity contribution >= 4 is 10.9 Å². The summed E-state index contributed by atoms with van der Waals surface area (Å²) in [5.41, 5.74) is 1.30. The molecule has 0 bridgehead atoms. The van der Waals surface area contributed by atoms with E-state index in [0.29, 0.717) is 23.1 Å². The van der Waals surface area contributed by atoms with E-state index in [1.54, 1.807) is 30.3 Å². The topological polar surface area (TPSA) is 34.1 Å². The third kappa shape index (κ3) is 4.60. The first kappa shape index (κ1) is 15.6. The Kier molecular flexibility index (Phi) is 5.01. The van der Waals surface area contributed by atoms with Gasteiger partial charge in [0.1, 0.15) is 5.75 Å². The average Bonchev–Trinajstić information content (AvgIpc) is 2.44. The van der Waals surface area contributed by atoms with Crippen LogP contribution in [-0.4, -0.2) is 24.3 Å². The number of pyridine rings is 1. The van der Waals surface area contributed by atoms with Gasteiger partial charge in [0, 0.05) is 18.0 Å². The lowest BCUT2D eigenvalue weighted by Gasteiger charge is -2.13. The van der Waals surface area contributed by atoms with Crippen molar-refractivity contribution in [1.82, 2.24) is 10.3 Å². The summed E-state index contributed by atoms with van der Waals surface area (Å²) in [6.45, 7) is 2.07. The maximum absolute atomic E-state index is 12.3. The molecule has 0 saturated heterocycles. The SMILES string of the molecule is CCCNCc1cc(OCC(F)(F)F)c2ccccc2n1. The number of halogens is 3. The molecule has 0 aliphatic rings. The summed E-state index contributed by atoms with van der Waals surface area (Å²) in [6.07, 6.45) is -3.38. The number of aromatic nitrogens is 1. The minimum atomic E-state index is -4.36. The zero-order chi connectivity index (χ0) is 15.3. The number of ether oxygens (including phenoxy) is 1. The van der Waals surface area contributed by atoms with E-state index >= 15 is 0 Å². The van der Waals surface area contributed by atoms with Crippen LogP contribution in [0.25, 0.3) is 10.9 Å². The summed E-state index contributed by atoms with van der Waals surface area (Å²) in [5.74, 6) is 0.214. The molecule has 6 heteroatoms. The van der Waals surface area contributed by atoms with Crippen LogP contribution < -0.4 is 10.1 Å². The Hall–Kier alpha value is -1.82. The van der Waals surface area contributed by atoms with Gasteiger partial charge in [0.25, 0.3) is 0 Å². The van der Waals surface area contributed by atoms with E-state index in [9.17, 15) is 13.2 Å². The van der Waals surface area contributed by atoms with Gasteiger partial charge < -0.3 is 10.1 Å². The largest absolute Gasteiger partial charge is 0.483 e. The average molecular weight is 298 g/mol. The second kappa shape index (κ2) is 6.76. The number of para-hydroxylation sites is 1. The standard InChI is InChI=1S/C15H17F3N2O/c1-2-7-19-9-11-8-14(21-10-15(16,17)18)12-5-3-4-6-13(12)20-11/h3-6,8,19H,2,7,9-10H2,1H3. The molecule has 1 N–H and O–H groups in total. The summed E-state index contributed by atoms with van der Waals surface area (Å²) in [5, 5.41) is 3.76. The Morgan fingerprint density at radius 3 is 2.71 bits per heavy atom. The molecular formula is C15H17F3N2O. The van der Waals surface area contributed by atoms with Gasteiger partial charge in [0.15, 0.2) is 6.61 Å². The minimum Gasteiger partial charge on any atom is -0.483 e. The van der Waals surface area contributed by atoms with E-state index in [1.807, 2.05) is 6.92 Å². The zero-order valence-corrected chi connectivity index (χ0v) is 11.7. The van der Waals surface area contributed by atoms with Crippen LogP contribution in [0.2, 0.25) is 0 Å². The molecule has 1 heterocycles. The highest BCUT2D eigenvalue weighted by atomic mass is 19.4. The molecular weight excluding hydrogens is 281 g/mol. The van der Waals surface area contributed by atoms with Crippen LogP contribution in [0, 0.1) is 0 Å². The Bertz CT molecular complexity index is 599. The monoisotopic (exact) mass is 298 g/mol. The molecule has 1 aromatic carbocycles. The van der Waals surface area contributed by atoms with Crippen molar-refractivity contribution in [1.29, 1.82) is 0 Å². The van der Waals surface area contributed by atoms with Gasteiger partial charge in [-0.05, 0) is 25.1 Å². The van der Waals surface area contributed by atoms with Gasteiger partial charge in [0.2, 0.25) is 0 Å². The number of hydrogen-bond acceptors (Lipinski definition) is 3. The number of rotatable bonds is 6.